The number of amides is 1. The number of rotatable bonds is 9. The monoisotopic (exact) mass is 218 g/mol. The third-order valence-electron chi connectivity index (χ3n) is 2.08. The van der Waals surface area contributed by atoms with Gasteiger partial charge in [0.2, 0.25) is 5.91 Å². The van der Waals surface area contributed by atoms with Gasteiger partial charge in [0.15, 0.2) is 0 Å². The third kappa shape index (κ3) is 7.30. The molecular weight excluding hydrogens is 196 g/mol. The summed E-state index contributed by atoms with van der Waals surface area (Å²) in [7, 11) is 1.63. The summed E-state index contributed by atoms with van der Waals surface area (Å²) in [6.45, 7) is 4.99. The van der Waals surface area contributed by atoms with Crippen molar-refractivity contribution in [1.29, 1.82) is 0 Å². The minimum absolute atomic E-state index is 0.0713. The van der Waals surface area contributed by atoms with Gasteiger partial charge in [0.05, 0.1) is 13.2 Å². The molecule has 15 heavy (non-hydrogen) atoms. The Morgan fingerprint density at radius 1 is 1.53 bits per heavy atom. The highest BCUT2D eigenvalue weighted by Gasteiger charge is 2.09. The number of nitrogens with zero attached hydrogens (tertiary/aromatic N) is 1. The third-order valence-corrected chi connectivity index (χ3v) is 2.08. The van der Waals surface area contributed by atoms with Gasteiger partial charge in [-0.05, 0) is 13.3 Å². The van der Waals surface area contributed by atoms with Crippen molar-refractivity contribution >= 4 is 5.91 Å². The molecule has 0 fully saturated rings. The average molecular weight is 218 g/mol. The van der Waals surface area contributed by atoms with Crippen LogP contribution in [0, 0.1) is 0 Å². The summed E-state index contributed by atoms with van der Waals surface area (Å²) in [6, 6.07) is 0. The Labute approximate surface area is 91.4 Å². The van der Waals surface area contributed by atoms with E-state index in [1.807, 2.05) is 6.92 Å². The van der Waals surface area contributed by atoms with E-state index in [1.54, 1.807) is 12.0 Å². The van der Waals surface area contributed by atoms with Gasteiger partial charge in [-0.25, -0.2) is 0 Å². The molecule has 0 aliphatic rings. The van der Waals surface area contributed by atoms with Gasteiger partial charge in [-0.3, -0.25) is 4.79 Å². The van der Waals surface area contributed by atoms with Crippen LogP contribution in [0.15, 0.2) is 0 Å². The van der Waals surface area contributed by atoms with Gasteiger partial charge in [-0.2, -0.15) is 0 Å². The van der Waals surface area contributed by atoms with Gasteiger partial charge in [-0.1, -0.05) is 0 Å². The van der Waals surface area contributed by atoms with E-state index in [-0.39, 0.29) is 12.5 Å². The molecule has 0 saturated heterocycles. The summed E-state index contributed by atoms with van der Waals surface area (Å²) < 4.78 is 4.85. The van der Waals surface area contributed by atoms with E-state index in [0.717, 1.165) is 0 Å². The fourth-order valence-corrected chi connectivity index (χ4v) is 1.20. The number of hydrogen-bond acceptors (Lipinski definition) is 4. The fraction of sp³-hybridized carbons (Fsp3) is 0.900. The molecule has 0 aromatic rings. The van der Waals surface area contributed by atoms with E-state index in [0.29, 0.717) is 39.2 Å². The summed E-state index contributed by atoms with van der Waals surface area (Å²) in [4.78, 5) is 13.3. The smallest absolute Gasteiger partial charge is 0.236 e. The molecule has 5 nitrogen and oxygen atoms in total. The first-order valence-electron chi connectivity index (χ1n) is 5.34. The van der Waals surface area contributed by atoms with Crippen molar-refractivity contribution in [3.63, 3.8) is 0 Å². The summed E-state index contributed by atoms with van der Waals surface area (Å²) in [5, 5.41) is 11.7. The maximum absolute atomic E-state index is 11.6. The van der Waals surface area contributed by atoms with Crippen molar-refractivity contribution in [1.82, 2.24) is 10.2 Å². The van der Waals surface area contributed by atoms with Crippen molar-refractivity contribution in [3.05, 3.63) is 0 Å². The van der Waals surface area contributed by atoms with E-state index in [2.05, 4.69) is 5.32 Å². The Hall–Kier alpha value is -0.650. The predicted octanol–water partition coefficient (Wildman–Crippen LogP) is -0.547. The quantitative estimate of drug-likeness (QED) is 0.510. The number of aliphatic hydroxyl groups excluding tert-OH is 1. The minimum Gasteiger partial charge on any atom is -0.396 e. The molecule has 0 radical (unpaired) electrons. The molecule has 0 spiro atoms. The zero-order valence-electron chi connectivity index (χ0n) is 9.66. The number of hydrogen-bond donors (Lipinski definition) is 2. The summed E-state index contributed by atoms with van der Waals surface area (Å²) in [5.41, 5.74) is 0. The zero-order valence-corrected chi connectivity index (χ0v) is 9.66. The second kappa shape index (κ2) is 9.89. The lowest BCUT2D eigenvalue weighted by Gasteiger charge is -2.20. The van der Waals surface area contributed by atoms with Gasteiger partial charge in [0.25, 0.3) is 0 Å². The molecule has 0 aliphatic heterocycles. The molecule has 0 saturated carbocycles. The number of likely N-dealkylation sites (N-methyl/N-ethyl adjacent to an activating group) is 1. The molecular formula is C10H22N2O3. The van der Waals surface area contributed by atoms with Crippen LogP contribution in [0.1, 0.15) is 13.3 Å². The van der Waals surface area contributed by atoms with E-state index in [1.165, 1.54) is 0 Å². The van der Waals surface area contributed by atoms with Gasteiger partial charge in [0, 0.05) is 33.4 Å². The van der Waals surface area contributed by atoms with Gasteiger partial charge in [0.1, 0.15) is 0 Å². The number of nitrogens with one attached hydrogen (secondary N) is 1. The number of ether oxygens (including phenoxy) is 1. The van der Waals surface area contributed by atoms with Crippen molar-refractivity contribution in [2.45, 2.75) is 13.3 Å². The fourth-order valence-electron chi connectivity index (χ4n) is 1.20. The molecule has 0 unspecified atom stereocenters. The number of carbonyl (C=O) groups is 1. The molecule has 2 N–H and O–H groups in total. The first-order valence-corrected chi connectivity index (χ1v) is 5.34. The van der Waals surface area contributed by atoms with E-state index in [4.69, 9.17) is 9.84 Å². The van der Waals surface area contributed by atoms with E-state index in [9.17, 15) is 4.79 Å². The Balaban J connectivity index is 3.63. The maximum atomic E-state index is 11.6. The molecule has 1 amide bonds. The second-order valence-corrected chi connectivity index (χ2v) is 3.22. The zero-order chi connectivity index (χ0) is 11.5. The van der Waals surface area contributed by atoms with Crippen LogP contribution >= 0.6 is 0 Å². The Bertz CT molecular complexity index is 165. The molecule has 0 rings (SSSR count). The standard InChI is InChI=1S/C10H22N2O3/c1-3-12(6-4-7-13)10(14)9-11-5-8-15-2/h11,13H,3-9H2,1-2H3. The van der Waals surface area contributed by atoms with Gasteiger partial charge < -0.3 is 20.1 Å². The SMILES string of the molecule is CCN(CCCO)C(=O)CNCCOC. The van der Waals surface area contributed by atoms with Gasteiger partial charge >= 0.3 is 0 Å². The molecule has 0 aliphatic carbocycles. The first kappa shape index (κ1) is 14.3. The van der Waals surface area contributed by atoms with Crippen LogP contribution in [-0.2, 0) is 9.53 Å². The van der Waals surface area contributed by atoms with Crippen LogP contribution < -0.4 is 5.32 Å². The summed E-state index contributed by atoms with van der Waals surface area (Å²) >= 11 is 0. The van der Waals surface area contributed by atoms with Crippen LogP contribution in [0.3, 0.4) is 0 Å². The molecule has 0 heterocycles. The molecule has 0 atom stereocenters. The van der Waals surface area contributed by atoms with Crippen LogP contribution in [0.25, 0.3) is 0 Å². The lowest BCUT2D eigenvalue weighted by Crippen LogP contribution is -2.39. The van der Waals surface area contributed by atoms with Crippen molar-refractivity contribution < 1.29 is 14.6 Å². The van der Waals surface area contributed by atoms with Crippen molar-refractivity contribution in [2.75, 3.05) is 46.5 Å². The lowest BCUT2D eigenvalue weighted by molar-refractivity contribution is -0.130. The lowest BCUT2D eigenvalue weighted by atomic mass is 10.3. The van der Waals surface area contributed by atoms with E-state index >= 15 is 0 Å². The number of carbonyl (C=O) groups excluding carboxylic acids is 1. The largest absolute Gasteiger partial charge is 0.396 e. The Morgan fingerprint density at radius 3 is 2.80 bits per heavy atom. The topological polar surface area (TPSA) is 61.8 Å². The van der Waals surface area contributed by atoms with Crippen molar-refractivity contribution in [3.8, 4) is 0 Å². The Morgan fingerprint density at radius 2 is 2.27 bits per heavy atom. The van der Waals surface area contributed by atoms with Crippen LogP contribution in [0.2, 0.25) is 0 Å². The number of methoxy groups -OCH3 is 1. The predicted molar refractivity (Wildman–Crippen MR) is 58.7 cm³/mol. The van der Waals surface area contributed by atoms with Crippen molar-refractivity contribution in [2.24, 2.45) is 0 Å². The van der Waals surface area contributed by atoms with Gasteiger partial charge in [-0.15, -0.1) is 0 Å². The molecule has 0 bridgehead atoms. The normalized spacial score (nSPS) is 10.3. The van der Waals surface area contributed by atoms with Crippen LogP contribution in [-0.4, -0.2) is 62.4 Å². The van der Waals surface area contributed by atoms with Crippen LogP contribution in [0.5, 0.6) is 0 Å². The summed E-state index contributed by atoms with van der Waals surface area (Å²) in [5.74, 6) is 0.0713. The average Bonchev–Trinajstić information content (AvgIpc) is 2.25. The number of aliphatic hydroxyl groups is 1. The van der Waals surface area contributed by atoms with E-state index < -0.39 is 0 Å². The second-order valence-electron chi connectivity index (χ2n) is 3.22. The highest BCUT2D eigenvalue weighted by Crippen LogP contribution is 1.91. The Kier molecular flexibility index (Phi) is 9.46. The first-order chi connectivity index (χ1) is 7.26. The minimum atomic E-state index is 0.0713. The molecule has 90 valence electrons. The molecule has 0 aromatic heterocycles. The van der Waals surface area contributed by atoms with Crippen LogP contribution in [0.4, 0.5) is 0 Å². The highest BCUT2D eigenvalue weighted by molar-refractivity contribution is 5.78. The highest BCUT2D eigenvalue weighted by atomic mass is 16.5. The summed E-state index contributed by atoms with van der Waals surface area (Å²) in [6.07, 6.45) is 0.637. The molecule has 5 heteroatoms. The maximum Gasteiger partial charge on any atom is 0.236 e. The molecule has 0 aromatic carbocycles.